The lowest BCUT2D eigenvalue weighted by Gasteiger charge is -2.19. The quantitative estimate of drug-likeness (QED) is 0.521. The Hall–Kier alpha value is -1.71. The Kier molecular flexibility index (Phi) is 7.41. The molecule has 2 aromatic carbocycles. The normalized spacial score (nSPS) is 13.8. The van der Waals surface area contributed by atoms with E-state index in [1.165, 1.54) is 11.8 Å². The molecule has 0 saturated heterocycles. The van der Waals surface area contributed by atoms with Crippen molar-refractivity contribution in [2.75, 3.05) is 5.75 Å². The van der Waals surface area contributed by atoms with Gasteiger partial charge in [0.25, 0.3) is 0 Å². The van der Waals surface area contributed by atoms with E-state index in [4.69, 9.17) is 0 Å². The number of phenolic OH excluding ortho intramolecular Hbond substituents is 1. The Morgan fingerprint density at radius 3 is 2.38 bits per heavy atom. The molecule has 24 heavy (non-hydrogen) atoms. The van der Waals surface area contributed by atoms with Crippen LogP contribution in [0.5, 0.6) is 5.75 Å². The number of carboxylic acid groups (broad SMARTS) is 1. The highest BCUT2D eigenvalue weighted by Crippen LogP contribution is 2.33. The Balaban J connectivity index is 1.99. The molecule has 2 N–H and O–H groups in total. The molecule has 2 rings (SSSR count). The van der Waals surface area contributed by atoms with Gasteiger partial charge in [-0.15, -0.1) is 11.8 Å². The molecular formula is C18H21O4PS. The summed E-state index contributed by atoms with van der Waals surface area (Å²) in [4.78, 5) is 12.3. The van der Waals surface area contributed by atoms with E-state index in [0.717, 1.165) is 5.56 Å². The predicted octanol–water partition coefficient (Wildman–Crippen LogP) is 3.94. The van der Waals surface area contributed by atoms with Crippen molar-refractivity contribution in [1.29, 1.82) is 0 Å². The number of aliphatic carboxylic acids is 1. The van der Waals surface area contributed by atoms with Crippen LogP contribution < -0.4 is 0 Å². The summed E-state index contributed by atoms with van der Waals surface area (Å²) >= 11 is 1.35. The van der Waals surface area contributed by atoms with Gasteiger partial charge in [0.05, 0.1) is 14.4 Å². The second-order valence-electron chi connectivity index (χ2n) is 5.55. The molecule has 0 aliphatic rings. The maximum atomic E-state index is 11.6. The number of para-hydroxylation sites is 1. The van der Waals surface area contributed by atoms with Crippen LogP contribution in [-0.4, -0.2) is 27.6 Å². The van der Waals surface area contributed by atoms with Crippen LogP contribution in [0, 0.1) is 5.92 Å². The zero-order valence-electron chi connectivity index (χ0n) is 13.2. The van der Waals surface area contributed by atoms with Gasteiger partial charge in [0.2, 0.25) is 0 Å². The first-order chi connectivity index (χ1) is 11.6. The molecular weight excluding hydrogens is 343 g/mol. The number of benzene rings is 2. The molecule has 0 radical (unpaired) electrons. The first-order valence-electron chi connectivity index (χ1n) is 7.74. The van der Waals surface area contributed by atoms with Gasteiger partial charge in [-0.25, -0.2) is 0 Å². The zero-order chi connectivity index (χ0) is 17.4. The topological polar surface area (TPSA) is 74.6 Å². The standard InChI is InChI=1S/C18H21O4PS/c19-15-8-4-5-9-17(15)24-12-16(23-22)14(18(20)21)11-10-13-6-2-1-3-7-13/h1-9,14,16,19H,10-12,23H2,(H,20,21). The molecule has 0 aromatic heterocycles. The SMILES string of the molecule is O=[PH2]C(CSc1ccccc1O)C(CCc1ccccc1)C(=O)O. The van der Waals surface area contributed by atoms with E-state index >= 15 is 0 Å². The van der Waals surface area contributed by atoms with Gasteiger partial charge in [0, 0.05) is 16.3 Å². The number of carbonyl (C=O) groups is 1. The molecule has 0 fully saturated rings. The highest BCUT2D eigenvalue weighted by molar-refractivity contribution is 7.99. The maximum absolute atomic E-state index is 11.6. The van der Waals surface area contributed by atoms with Gasteiger partial charge >= 0.3 is 5.97 Å². The minimum atomic E-state index is -1.21. The van der Waals surface area contributed by atoms with E-state index < -0.39 is 26.0 Å². The first-order valence-corrected chi connectivity index (χ1v) is 9.87. The van der Waals surface area contributed by atoms with Crippen LogP contribution in [0.1, 0.15) is 12.0 Å². The molecule has 0 spiro atoms. The monoisotopic (exact) mass is 364 g/mol. The second-order valence-corrected chi connectivity index (χ2v) is 7.74. The summed E-state index contributed by atoms with van der Waals surface area (Å²) < 4.78 is 11.6. The van der Waals surface area contributed by atoms with Gasteiger partial charge in [0.15, 0.2) is 0 Å². The van der Waals surface area contributed by atoms with Crippen molar-refractivity contribution in [1.82, 2.24) is 0 Å². The molecule has 3 atom stereocenters. The highest BCUT2D eigenvalue weighted by atomic mass is 32.2. The van der Waals surface area contributed by atoms with Crippen LogP contribution in [-0.2, 0) is 15.8 Å². The molecule has 3 unspecified atom stereocenters. The summed E-state index contributed by atoms with van der Waals surface area (Å²) in [5, 5.41) is 19.3. The summed E-state index contributed by atoms with van der Waals surface area (Å²) in [6.45, 7) is 0. The van der Waals surface area contributed by atoms with Gasteiger partial charge in [-0.3, -0.25) is 4.79 Å². The van der Waals surface area contributed by atoms with Gasteiger partial charge < -0.3 is 14.8 Å². The number of carboxylic acids is 1. The fraction of sp³-hybridized carbons (Fsp3) is 0.278. The molecule has 0 heterocycles. The lowest BCUT2D eigenvalue weighted by atomic mass is 9.97. The third kappa shape index (κ3) is 5.43. The molecule has 2 aromatic rings. The van der Waals surface area contributed by atoms with Crippen LogP contribution in [0.25, 0.3) is 0 Å². The third-order valence-electron chi connectivity index (χ3n) is 3.89. The fourth-order valence-corrected chi connectivity index (χ4v) is 4.65. The van der Waals surface area contributed by atoms with Gasteiger partial charge in [-0.2, -0.15) is 0 Å². The number of aryl methyl sites for hydroxylation is 1. The number of phenols is 1. The van der Waals surface area contributed by atoms with Crippen LogP contribution in [0.2, 0.25) is 0 Å². The van der Waals surface area contributed by atoms with E-state index in [-0.39, 0.29) is 5.75 Å². The summed E-state index contributed by atoms with van der Waals surface area (Å²) in [6, 6.07) is 16.6. The summed E-state index contributed by atoms with van der Waals surface area (Å²) in [5.74, 6) is -0.964. The Morgan fingerprint density at radius 1 is 1.08 bits per heavy atom. The number of hydrogen-bond acceptors (Lipinski definition) is 4. The van der Waals surface area contributed by atoms with Crippen LogP contribution in [0.4, 0.5) is 0 Å². The van der Waals surface area contributed by atoms with Gasteiger partial charge in [-0.1, -0.05) is 42.5 Å². The highest BCUT2D eigenvalue weighted by Gasteiger charge is 2.27. The Bertz CT molecular complexity index is 678. The van der Waals surface area contributed by atoms with Crippen molar-refractivity contribution in [3.63, 3.8) is 0 Å². The lowest BCUT2D eigenvalue weighted by Crippen LogP contribution is -2.26. The second kappa shape index (κ2) is 9.55. The number of thioether (sulfide) groups is 1. The van der Waals surface area contributed by atoms with Crippen LogP contribution in [0.15, 0.2) is 59.5 Å². The number of aromatic hydroxyl groups is 1. The maximum Gasteiger partial charge on any atom is 0.307 e. The average Bonchev–Trinajstić information content (AvgIpc) is 2.59. The largest absolute Gasteiger partial charge is 0.507 e. The predicted molar refractivity (Wildman–Crippen MR) is 98.9 cm³/mol. The van der Waals surface area contributed by atoms with E-state index in [1.807, 2.05) is 36.4 Å². The van der Waals surface area contributed by atoms with Crippen molar-refractivity contribution in [2.24, 2.45) is 5.92 Å². The first kappa shape index (κ1) is 18.6. The number of rotatable bonds is 9. The van der Waals surface area contributed by atoms with E-state index in [2.05, 4.69) is 0 Å². The summed E-state index contributed by atoms with van der Waals surface area (Å²) in [6.07, 6.45) is 1.11. The Labute approximate surface area is 147 Å². The zero-order valence-corrected chi connectivity index (χ0v) is 15.1. The van der Waals surface area contributed by atoms with Gasteiger partial charge in [-0.05, 0) is 30.5 Å². The van der Waals surface area contributed by atoms with Gasteiger partial charge in [0.1, 0.15) is 5.75 Å². The molecule has 0 bridgehead atoms. The minimum Gasteiger partial charge on any atom is -0.507 e. The van der Waals surface area contributed by atoms with Crippen molar-refractivity contribution in [3.8, 4) is 5.75 Å². The smallest absolute Gasteiger partial charge is 0.307 e. The van der Waals surface area contributed by atoms with Crippen LogP contribution in [0.3, 0.4) is 0 Å². The van der Waals surface area contributed by atoms with Crippen molar-refractivity contribution in [3.05, 3.63) is 60.2 Å². The summed E-state index contributed by atoms with van der Waals surface area (Å²) in [7, 11) is -1.21. The molecule has 0 saturated carbocycles. The molecule has 4 nitrogen and oxygen atoms in total. The van der Waals surface area contributed by atoms with E-state index in [1.54, 1.807) is 18.2 Å². The number of hydrogen-bond donors (Lipinski definition) is 2. The molecule has 6 heteroatoms. The van der Waals surface area contributed by atoms with E-state index in [9.17, 15) is 19.6 Å². The van der Waals surface area contributed by atoms with Crippen molar-refractivity contribution >= 4 is 26.2 Å². The van der Waals surface area contributed by atoms with Crippen molar-refractivity contribution in [2.45, 2.75) is 23.4 Å². The minimum absolute atomic E-state index is 0.165. The van der Waals surface area contributed by atoms with E-state index in [0.29, 0.717) is 23.5 Å². The Morgan fingerprint density at radius 2 is 1.75 bits per heavy atom. The molecule has 0 amide bonds. The average molecular weight is 364 g/mol. The molecule has 0 aliphatic heterocycles. The third-order valence-corrected chi connectivity index (χ3v) is 6.49. The summed E-state index contributed by atoms with van der Waals surface area (Å²) in [5.41, 5.74) is 0.688. The van der Waals surface area contributed by atoms with Crippen LogP contribution >= 0.6 is 20.2 Å². The molecule has 0 aliphatic carbocycles. The molecule has 128 valence electrons. The van der Waals surface area contributed by atoms with Crippen molar-refractivity contribution < 1.29 is 19.6 Å². The lowest BCUT2D eigenvalue weighted by molar-refractivity contribution is -0.141. The fourth-order valence-electron chi connectivity index (χ4n) is 2.50.